The van der Waals surface area contributed by atoms with Gasteiger partial charge in [-0.3, -0.25) is 0 Å². The summed E-state index contributed by atoms with van der Waals surface area (Å²) in [6.45, 7) is 4.75. The molecule has 1 aromatic heterocycles. The van der Waals surface area contributed by atoms with Crippen LogP contribution in [0.25, 0.3) is 11.3 Å². The maximum Gasteiger partial charge on any atom is 0.119 e. The number of hydrogen-bond donors (Lipinski definition) is 1. The summed E-state index contributed by atoms with van der Waals surface area (Å²) in [6.07, 6.45) is 3.51. The zero-order valence-corrected chi connectivity index (χ0v) is 8.95. The Bertz CT molecular complexity index is 435. The molecule has 78 valence electrons. The second kappa shape index (κ2) is 4.17. The van der Waals surface area contributed by atoms with Crippen LogP contribution in [0.4, 0.5) is 0 Å². The molecule has 0 unspecified atom stereocenters. The molecule has 0 saturated carbocycles. The molecule has 3 heteroatoms. The number of nitrogens with zero attached hydrogens (tertiary/aromatic N) is 1. The van der Waals surface area contributed by atoms with Crippen LogP contribution in [0.1, 0.15) is 12.5 Å². The summed E-state index contributed by atoms with van der Waals surface area (Å²) in [7, 11) is 0. The van der Waals surface area contributed by atoms with Gasteiger partial charge < -0.3 is 9.72 Å². The third-order valence-corrected chi connectivity index (χ3v) is 2.30. The number of rotatable bonds is 3. The highest BCUT2D eigenvalue weighted by Gasteiger charge is 2.03. The van der Waals surface area contributed by atoms with Crippen molar-refractivity contribution in [1.29, 1.82) is 0 Å². The van der Waals surface area contributed by atoms with Crippen molar-refractivity contribution >= 4 is 0 Å². The number of H-pyrrole nitrogens is 1. The molecule has 0 bridgehead atoms. The number of hydrogen-bond acceptors (Lipinski definition) is 2. The number of aromatic nitrogens is 2. The van der Waals surface area contributed by atoms with Gasteiger partial charge in [-0.1, -0.05) is 0 Å². The summed E-state index contributed by atoms with van der Waals surface area (Å²) in [5, 5.41) is 0. The summed E-state index contributed by atoms with van der Waals surface area (Å²) in [5.41, 5.74) is 3.39. The van der Waals surface area contributed by atoms with Gasteiger partial charge in [0, 0.05) is 5.56 Å². The van der Waals surface area contributed by atoms with Crippen LogP contribution in [-0.2, 0) is 0 Å². The minimum atomic E-state index is 0.697. The zero-order chi connectivity index (χ0) is 10.7. The standard InChI is InChI=1S/C12H14N2O/c1-3-15-10-4-5-11(9(2)6-10)12-7-13-8-14-12/h4-8H,3H2,1-2H3,(H,13,14). The number of aromatic amines is 1. The molecule has 0 amide bonds. The van der Waals surface area contributed by atoms with Crippen molar-refractivity contribution in [2.24, 2.45) is 0 Å². The Hall–Kier alpha value is -1.77. The summed E-state index contributed by atoms with van der Waals surface area (Å²) >= 11 is 0. The molecule has 0 aliphatic rings. The van der Waals surface area contributed by atoms with E-state index < -0.39 is 0 Å². The van der Waals surface area contributed by atoms with Crippen LogP contribution in [0.2, 0.25) is 0 Å². The first kappa shape index (κ1) is 9.77. The lowest BCUT2D eigenvalue weighted by Gasteiger charge is -2.07. The average molecular weight is 202 g/mol. The second-order valence-electron chi connectivity index (χ2n) is 3.38. The molecule has 15 heavy (non-hydrogen) atoms. The molecule has 1 aromatic carbocycles. The highest BCUT2D eigenvalue weighted by molar-refractivity contribution is 5.63. The molecule has 1 heterocycles. The van der Waals surface area contributed by atoms with E-state index in [9.17, 15) is 0 Å². The van der Waals surface area contributed by atoms with Crippen molar-refractivity contribution in [3.05, 3.63) is 36.3 Å². The molecule has 0 fully saturated rings. The summed E-state index contributed by atoms with van der Waals surface area (Å²) < 4.78 is 5.43. The van der Waals surface area contributed by atoms with Crippen LogP contribution in [-0.4, -0.2) is 16.6 Å². The van der Waals surface area contributed by atoms with E-state index in [0.717, 1.165) is 17.0 Å². The molecule has 0 atom stereocenters. The van der Waals surface area contributed by atoms with Crippen molar-refractivity contribution in [1.82, 2.24) is 9.97 Å². The van der Waals surface area contributed by atoms with E-state index in [1.54, 1.807) is 6.33 Å². The van der Waals surface area contributed by atoms with Crippen molar-refractivity contribution in [3.63, 3.8) is 0 Å². The predicted octanol–water partition coefficient (Wildman–Crippen LogP) is 2.78. The van der Waals surface area contributed by atoms with Crippen molar-refractivity contribution < 1.29 is 4.74 Å². The van der Waals surface area contributed by atoms with Gasteiger partial charge in [0.2, 0.25) is 0 Å². The highest BCUT2D eigenvalue weighted by Crippen LogP contribution is 2.24. The van der Waals surface area contributed by atoms with Crippen LogP contribution in [0.3, 0.4) is 0 Å². The maximum absolute atomic E-state index is 5.43. The van der Waals surface area contributed by atoms with Crippen molar-refractivity contribution in [3.8, 4) is 17.0 Å². The van der Waals surface area contributed by atoms with E-state index in [1.807, 2.05) is 31.3 Å². The van der Waals surface area contributed by atoms with Gasteiger partial charge in [-0.25, -0.2) is 4.98 Å². The first-order chi connectivity index (χ1) is 7.31. The number of imidazole rings is 1. The van der Waals surface area contributed by atoms with E-state index >= 15 is 0 Å². The molecule has 3 nitrogen and oxygen atoms in total. The SMILES string of the molecule is CCOc1ccc(-c2cnc[nH]2)c(C)c1. The minimum Gasteiger partial charge on any atom is -0.494 e. The van der Waals surface area contributed by atoms with Gasteiger partial charge in [0.05, 0.1) is 24.8 Å². The minimum absolute atomic E-state index is 0.697. The molecule has 0 saturated heterocycles. The molecular weight excluding hydrogens is 188 g/mol. The van der Waals surface area contributed by atoms with Gasteiger partial charge in [-0.05, 0) is 37.6 Å². The third-order valence-electron chi connectivity index (χ3n) is 2.30. The number of nitrogens with one attached hydrogen (secondary N) is 1. The first-order valence-electron chi connectivity index (χ1n) is 5.03. The summed E-state index contributed by atoms with van der Waals surface area (Å²) in [4.78, 5) is 7.11. The topological polar surface area (TPSA) is 37.9 Å². The maximum atomic E-state index is 5.43. The van der Waals surface area contributed by atoms with E-state index in [4.69, 9.17) is 4.74 Å². The van der Waals surface area contributed by atoms with Gasteiger partial charge in [-0.15, -0.1) is 0 Å². The van der Waals surface area contributed by atoms with E-state index in [2.05, 4.69) is 16.9 Å². The molecule has 0 radical (unpaired) electrons. The molecule has 2 rings (SSSR count). The Morgan fingerprint density at radius 2 is 2.27 bits per heavy atom. The van der Waals surface area contributed by atoms with Gasteiger partial charge >= 0.3 is 0 Å². The van der Waals surface area contributed by atoms with Crippen LogP contribution >= 0.6 is 0 Å². The Labute approximate surface area is 89.1 Å². The Balaban J connectivity index is 2.35. The predicted molar refractivity (Wildman–Crippen MR) is 59.9 cm³/mol. The molecule has 2 aromatic rings. The lowest BCUT2D eigenvalue weighted by Crippen LogP contribution is -1.92. The summed E-state index contributed by atoms with van der Waals surface area (Å²) in [6, 6.07) is 6.07. The van der Waals surface area contributed by atoms with Gasteiger partial charge in [-0.2, -0.15) is 0 Å². The number of aryl methyl sites for hydroxylation is 1. The third kappa shape index (κ3) is 2.01. The fourth-order valence-electron chi connectivity index (χ4n) is 1.60. The Kier molecular flexibility index (Phi) is 2.72. The molecule has 0 aliphatic carbocycles. The van der Waals surface area contributed by atoms with Crippen LogP contribution in [0.5, 0.6) is 5.75 Å². The van der Waals surface area contributed by atoms with Gasteiger partial charge in [0.1, 0.15) is 5.75 Å². The van der Waals surface area contributed by atoms with Crippen molar-refractivity contribution in [2.45, 2.75) is 13.8 Å². The fourth-order valence-corrected chi connectivity index (χ4v) is 1.60. The monoisotopic (exact) mass is 202 g/mol. The number of ether oxygens (including phenoxy) is 1. The Morgan fingerprint density at radius 1 is 1.40 bits per heavy atom. The quantitative estimate of drug-likeness (QED) is 0.831. The lowest BCUT2D eigenvalue weighted by atomic mass is 10.1. The van der Waals surface area contributed by atoms with E-state index in [1.165, 1.54) is 5.56 Å². The van der Waals surface area contributed by atoms with E-state index in [-0.39, 0.29) is 0 Å². The molecule has 1 N–H and O–H groups in total. The second-order valence-corrected chi connectivity index (χ2v) is 3.38. The first-order valence-corrected chi connectivity index (χ1v) is 5.03. The van der Waals surface area contributed by atoms with E-state index in [0.29, 0.717) is 6.61 Å². The zero-order valence-electron chi connectivity index (χ0n) is 8.95. The van der Waals surface area contributed by atoms with Gasteiger partial charge in [0.25, 0.3) is 0 Å². The molecule has 0 spiro atoms. The smallest absolute Gasteiger partial charge is 0.119 e. The highest BCUT2D eigenvalue weighted by atomic mass is 16.5. The largest absolute Gasteiger partial charge is 0.494 e. The fraction of sp³-hybridized carbons (Fsp3) is 0.250. The number of benzene rings is 1. The van der Waals surface area contributed by atoms with Gasteiger partial charge in [0.15, 0.2) is 0 Å². The molecule has 0 aliphatic heterocycles. The van der Waals surface area contributed by atoms with Crippen molar-refractivity contribution in [2.75, 3.05) is 6.61 Å². The van der Waals surface area contributed by atoms with Crippen LogP contribution in [0.15, 0.2) is 30.7 Å². The lowest BCUT2D eigenvalue weighted by molar-refractivity contribution is 0.340. The van der Waals surface area contributed by atoms with Crippen LogP contribution < -0.4 is 4.74 Å². The summed E-state index contributed by atoms with van der Waals surface area (Å²) in [5.74, 6) is 0.915. The average Bonchev–Trinajstić information content (AvgIpc) is 2.71. The van der Waals surface area contributed by atoms with Crippen LogP contribution in [0, 0.1) is 6.92 Å². The normalized spacial score (nSPS) is 10.3. The Morgan fingerprint density at radius 3 is 2.87 bits per heavy atom. The molecular formula is C12H14N2O.